The van der Waals surface area contributed by atoms with Crippen molar-refractivity contribution in [3.63, 3.8) is 0 Å². The number of hydrogen-bond donors (Lipinski definition) is 2. The number of benzene rings is 1. The van der Waals surface area contributed by atoms with E-state index in [2.05, 4.69) is 4.72 Å². The smallest absolute Gasteiger partial charge is 0.293 e. The molecular weight excluding hydrogens is 338 g/mol. The van der Waals surface area contributed by atoms with Crippen molar-refractivity contribution < 1.29 is 22.8 Å². The second kappa shape index (κ2) is 6.91. The number of hydrogen-bond acceptors (Lipinski definition) is 7. The molecule has 0 aliphatic carbocycles. The molecule has 0 amide bonds. The van der Waals surface area contributed by atoms with Crippen LogP contribution in [-0.2, 0) is 10.0 Å². The van der Waals surface area contributed by atoms with Gasteiger partial charge in [0.1, 0.15) is 13.2 Å². The minimum Gasteiger partial charge on any atom is -0.486 e. The molecule has 134 valence electrons. The van der Waals surface area contributed by atoms with Crippen molar-refractivity contribution in [1.82, 2.24) is 4.72 Å². The zero-order valence-electron chi connectivity index (χ0n) is 13.6. The van der Waals surface area contributed by atoms with Crippen LogP contribution >= 0.6 is 0 Å². The molecule has 3 N–H and O–H groups in total. The van der Waals surface area contributed by atoms with Crippen LogP contribution in [0.1, 0.15) is 26.7 Å². The lowest BCUT2D eigenvalue weighted by Gasteiger charge is -2.31. The highest BCUT2D eigenvalue weighted by molar-refractivity contribution is 7.89. The van der Waals surface area contributed by atoms with Gasteiger partial charge in [0.2, 0.25) is 10.0 Å². The highest BCUT2D eigenvalue weighted by Crippen LogP contribution is 2.39. The first kappa shape index (κ1) is 18.4. The normalized spacial score (nSPS) is 14.5. The number of nitro groups is 1. The maximum absolute atomic E-state index is 12.8. The first-order valence-corrected chi connectivity index (χ1v) is 9.09. The molecule has 1 heterocycles. The van der Waals surface area contributed by atoms with Crippen LogP contribution < -0.4 is 19.9 Å². The van der Waals surface area contributed by atoms with E-state index in [1.165, 1.54) is 0 Å². The van der Waals surface area contributed by atoms with Gasteiger partial charge >= 0.3 is 0 Å². The van der Waals surface area contributed by atoms with Gasteiger partial charge in [-0.3, -0.25) is 10.1 Å². The molecule has 0 radical (unpaired) electrons. The van der Waals surface area contributed by atoms with E-state index < -0.39 is 31.1 Å². The van der Waals surface area contributed by atoms with Gasteiger partial charge in [0.25, 0.3) is 5.69 Å². The van der Waals surface area contributed by atoms with Crippen molar-refractivity contribution in [2.45, 2.75) is 37.1 Å². The lowest BCUT2D eigenvalue weighted by atomic mass is 9.95. The minimum absolute atomic E-state index is 0.0809. The van der Waals surface area contributed by atoms with Gasteiger partial charge in [0.15, 0.2) is 16.4 Å². The van der Waals surface area contributed by atoms with Crippen molar-refractivity contribution in [2.75, 3.05) is 19.8 Å². The standard InChI is InChI=1S/C14H21N3O6S/c1-3-14(4-2,9-15)16-24(20,21)13-8-12-11(22-5-6-23-12)7-10(13)17(18)19/h7-8,16H,3-6,9,15H2,1-2H3. The van der Waals surface area contributed by atoms with Gasteiger partial charge in [-0.15, -0.1) is 0 Å². The molecule has 10 heteroatoms. The largest absolute Gasteiger partial charge is 0.486 e. The van der Waals surface area contributed by atoms with Crippen molar-refractivity contribution in [2.24, 2.45) is 5.73 Å². The Bertz CT molecular complexity index is 722. The Hall–Kier alpha value is -1.91. The van der Waals surface area contributed by atoms with Gasteiger partial charge in [-0.2, -0.15) is 0 Å². The first-order chi connectivity index (χ1) is 11.3. The Morgan fingerprint density at radius 3 is 2.25 bits per heavy atom. The van der Waals surface area contributed by atoms with Gasteiger partial charge < -0.3 is 15.2 Å². The SMILES string of the molecule is CCC(CC)(CN)NS(=O)(=O)c1cc2c(cc1[N+](=O)[O-])OCCO2. The fraction of sp³-hybridized carbons (Fsp3) is 0.571. The number of nitro benzene ring substituents is 1. The molecule has 0 unspecified atom stereocenters. The van der Waals surface area contributed by atoms with E-state index in [0.717, 1.165) is 12.1 Å². The summed E-state index contributed by atoms with van der Waals surface area (Å²) in [4.78, 5) is 10.1. The van der Waals surface area contributed by atoms with Gasteiger partial charge in [0, 0.05) is 18.2 Å². The molecule has 0 saturated heterocycles. The number of nitrogens with two attached hydrogens (primary N) is 1. The highest BCUT2D eigenvalue weighted by Gasteiger charge is 2.36. The van der Waals surface area contributed by atoms with Crippen molar-refractivity contribution >= 4 is 15.7 Å². The Morgan fingerprint density at radius 2 is 1.79 bits per heavy atom. The summed E-state index contributed by atoms with van der Waals surface area (Å²) in [6.07, 6.45) is 0.912. The zero-order valence-corrected chi connectivity index (χ0v) is 14.4. The van der Waals surface area contributed by atoms with E-state index in [1.807, 2.05) is 0 Å². The van der Waals surface area contributed by atoms with Gasteiger partial charge in [0.05, 0.1) is 11.0 Å². The van der Waals surface area contributed by atoms with Crippen molar-refractivity contribution in [3.8, 4) is 11.5 Å². The Kier molecular flexibility index (Phi) is 5.31. The number of fused-ring (bicyclic) bond motifs is 1. The number of nitrogens with one attached hydrogen (secondary N) is 1. The number of nitrogens with zero attached hydrogens (tertiary/aromatic N) is 1. The third-order valence-electron chi connectivity index (χ3n) is 4.21. The van der Waals surface area contributed by atoms with Crippen LogP contribution in [0.5, 0.6) is 11.5 Å². The average molecular weight is 359 g/mol. The Morgan fingerprint density at radius 1 is 1.25 bits per heavy atom. The molecule has 0 spiro atoms. The maximum atomic E-state index is 12.8. The fourth-order valence-electron chi connectivity index (χ4n) is 2.48. The molecule has 0 atom stereocenters. The third kappa shape index (κ3) is 3.45. The molecule has 1 aromatic rings. The average Bonchev–Trinajstić information content (AvgIpc) is 2.58. The molecule has 1 aromatic carbocycles. The predicted molar refractivity (Wildman–Crippen MR) is 86.8 cm³/mol. The van der Waals surface area contributed by atoms with E-state index in [4.69, 9.17) is 15.2 Å². The summed E-state index contributed by atoms with van der Waals surface area (Å²) < 4.78 is 38.7. The Labute approximate surface area is 140 Å². The van der Waals surface area contributed by atoms with E-state index >= 15 is 0 Å². The monoisotopic (exact) mass is 359 g/mol. The summed E-state index contributed by atoms with van der Waals surface area (Å²) in [5.41, 5.74) is 4.29. The van der Waals surface area contributed by atoms with Crippen LogP contribution in [0.25, 0.3) is 0 Å². The first-order valence-electron chi connectivity index (χ1n) is 7.60. The summed E-state index contributed by atoms with van der Waals surface area (Å²) in [6, 6.07) is 2.20. The van der Waals surface area contributed by atoms with Crippen molar-refractivity contribution in [1.29, 1.82) is 0 Å². The van der Waals surface area contributed by atoms with Crippen LogP contribution in [0.4, 0.5) is 5.69 Å². The van der Waals surface area contributed by atoms with E-state index in [0.29, 0.717) is 12.8 Å². The summed E-state index contributed by atoms with van der Waals surface area (Å²) in [5, 5.41) is 11.3. The number of sulfonamides is 1. The molecule has 1 aliphatic heterocycles. The maximum Gasteiger partial charge on any atom is 0.293 e. The molecule has 2 rings (SSSR count). The molecule has 9 nitrogen and oxygen atoms in total. The summed E-state index contributed by atoms with van der Waals surface area (Å²) in [5.74, 6) is 0.321. The predicted octanol–water partition coefficient (Wildman–Crippen LogP) is 1.16. The van der Waals surface area contributed by atoms with Gasteiger partial charge in [-0.25, -0.2) is 13.1 Å². The molecule has 1 aliphatic rings. The van der Waals surface area contributed by atoms with E-state index in [9.17, 15) is 18.5 Å². The summed E-state index contributed by atoms with van der Waals surface area (Å²) in [7, 11) is -4.17. The van der Waals surface area contributed by atoms with Crippen molar-refractivity contribution in [3.05, 3.63) is 22.2 Å². The van der Waals surface area contributed by atoms with Crippen LogP contribution in [0, 0.1) is 10.1 Å². The molecule has 0 saturated carbocycles. The summed E-state index contributed by atoms with van der Waals surface area (Å²) in [6.45, 7) is 4.18. The lowest BCUT2D eigenvalue weighted by molar-refractivity contribution is -0.388. The van der Waals surface area contributed by atoms with Gasteiger partial charge in [-0.05, 0) is 12.8 Å². The molecular formula is C14H21N3O6S. The lowest BCUT2D eigenvalue weighted by Crippen LogP contribution is -2.52. The Balaban J connectivity index is 2.54. The number of rotatable bonds is 7. The molecule has 0 bridgehead atoms. The van der Waals surface area contributed by atoms with Gasteiger partial charge in [-0.1, -0.05) is 13.8 Å². The topological polar surface area (TPSA) is 134 Å². The molecule has 0 fully saturated rings. The zero-order chi connectivity index (χ0) is 18.0. The summed E-state index contributed by atoms with van der Waals surface area (Å²) >= 11 is 0. The fourth-order valence-corrected chi connectivity index (χ4v) is 4.21. The number of ether oxygens (including phenoxy) is 2. The molecule has 0 aromatic heterocycles. The van der Waals surface area contributed by atoms with Crippen LogP contribution in [0.2, 0.25) is 0 Å². The van der Waals surface area contributed by atoms with Crippen LogP contribution in [-0.4, -0.2) is 38.6 Å². The minimum atomic E-state index is -4.17. The van der Waals surface area contributed by atoms with E-state index in [1.54, 1.807) is 13.8 Å². The third-order valence-corrected chi connectivity index (χ3v) is 5.81. The van der Waals surface area contributed by atoms with E-state index in [-0.39, 0.29) is 31.3 Å². The second-order valence-corrected chi connectivity index (χ2v) is 7.17. The second-order valence-electron chi connectivity index (χ2n) is 5.52. The van der Waals surface area contributed by atoms with Crippen LogP contribution in [0.15, 0.2) is 17.0 Å². The highest BCUT2D eigenvalue weighted by atomic mass is 32.2. The van der Waals surface area contributed by atoms with Crippen LogP contribution in [0.3, 0.4) is 0 Å². The quantitative estimate of drug-likeness (QED) is 0.551. The molecule has 24 heavy (non-hydrogen) atoms.